The topological polar surface area (TPSA) is 18.5 Å². The fourth-order valence-corrected chi connectivity index (χ4v) is 6.05. The molecular formula is C21H20O2. The minimum Gasteiger partial charge on any atom is -0.496 e. The Balaban J connectivity index is 1.57. The van der Waals surface area contributed by atoms with Gasteiger partial charge in [0.1, 0.15) is 11.5 Å². The van der Waals surface area contributed by atoms with Gasteiger partial charge in [0.05, 0.1) is 14.2 Å². The van der Waals surface area contributed by atoms with Crippen molar-refractivity contribution >= 4 is 16.3 Å². The second kappa shape index (κ2) is 3.92. The maximum absolute atomic E-state index is 5.57. The number of methoxy groups -OCH3 is 2. The molecule has 0 heterocycles. The molecule has 0 unspecified atom stereocenters. The standard InChI is InChI=1S/C21H20O2/c1-22-18-3-4-19(23-2)15-9-17-16(8-14(15)18)21(17)20-12-6-10-5-11(12)7-13(10)20/h3-4,8-13H,5-7H2,1-2H3/t10-,11-,12-,13-/m1/s1. The summed E-state index contributed by atoms with van der Waals surface area (Å²) in [5.41, 5.74) is 6.36. The van der Waals surface area contributed by atoms with Crippen LogP contribution in [0.4, 0.5) is 0 Å². The average molecular weight is 304 g/mol. The van der Waals surface area contributed by atoms with E-state index in [1.165, 1.54) is 41.2 Å². The van der Waals surface area contributed by atoms with Gasteiger partial charge in [0.15, 0.2) is 0 Å². The predicted octanol–water partition coefficient (Wildman–Crippen LogP) is 4.65. The molecule has 0 amide bonds. The molecule has 4 bridgehead atoms. The van der Waals surface area contributed by atoms with Crippen LogP contribution in [0.2, 0.25) is 0 Å². The molecule has 2 aromatic carbocycles. The average Bonchev–Trinajstić information content (AvgIpc) is 2.99. The molecule has 7 rings (SSSR count). The van der Waals surface area contributed by atoms with Crippen LogP contribution in [0.5, 0.6) is 11.5 Å². The highest BCUT2D eigenvalue weighted by molar-refractivity contribution is 6.10. The van der Waals surface area contributed by atoms with Gasteiger partial charge in [-0.25, -0.2) is 0 Å². The van der Waals surface area contributed by atoms with Gasteiger partial charge in [0.25, 0.3) is 0 Å². The quantitative estimate of drug-likeness (QED) is 0.686. The van der Waals surface area contributed by atoms with Gasteiger partial charge in [-0.1, -0.05) is 5.57 Å². The molecule has 0 N–H and O–H groups in total. The van der Waals surface area contributed by atoms with Crippen LogP contribution in [-0.4, -0.2) is 14.2 Å². The third kappa shape index (κ3) is 1.37. The number of hydrogen-bond donors (Lipinski definition) is 0. The van der Waals surface area contributed by atoms with Crippen LogP contribution in [0.3, 0.4) is 0 Å². The molecule has 116 valence electrons. The fraction of sp³-hybridized carbons (Fsp3) is 0.429. The fourth-order valence-electron chi connectivity index (χ4n) is 6.05. The molecule has 2 nitrogen and oxygen atoms in total. The molecule has 2 heteroatoms. The van der Waals surface area contributed by atoms with Gasteiger partial charge in [0.2, 0.25) is 0 Å². The normalized spacial score (nSPS) is 32.1. The van der Waals surface area contributed by atoms with Crippen LogP contribution in [-0.2, 0) is 0 Å². The van der Waals surface area contributed by atoms with Crippen LogP contribution in [0.15, 0.2) is 29.8 Å². The minimum atomic E-state index is 0.902. The summed E-state index contributed by atoms with van der Waals surface area (Å²) in [6.07, 6.45) is 4.44. The molecule has 0 aromatic heterocycles. The number of ether oxygens (including phenoxy) is 2. The minimum absolute atomic E-state index is 0.902. The first kappa shape index (κ1) is 12.5. The maximum atomic E-state index is 5.57. The maximum Gasteiger partial charge on any atom is 0.126 e. The molecule has 4 atom stereocenters. The van der Waals surface area contributed by atoms with Crippen LogP contribution in [0.1, 0.15) is 30.4 Å². The lowest BCUT2D eigenvalue weighted by atomic mass is 9.93. The monoisotopic (exact) mass is 304 g/mol. The van der Waals surface area contributed by atoms with E-state index in [1.807, 2.05) is 17.7 Å². The largest absolute Gasteiger partial charge is 0.496 e. The van der Waals surface area contributed by atoms with Gasteiger partial charge in [-0.2, -0.15) is 0 Å². The Bertz CT molecular complexity index is 837. The van der Waals surface area contributed by atoms with Gasteiger partial charge < -0.3 is 9.47 Å². The Kier molecular flexibility index (Phi) is 2.12. The summed E-state index contributed by atoms with van der Waals surface area (Å²) in [5.74, 6) is 5.69. The highest BCUT2D eigenvalue weighted by Crippen LogP contribution is 2.69. The van der Waals surface area contributed by atoms with Crippen molar-refractivity contribution < 1.29 is 9.47 Å². The summed E-state index contributed by atoms with van der Waals surface area (Å²) in [5, 5.41) is 2.36. The van der Waals surface area contributed by atoms with Crippen LogP contribution in [0, 0.1) is 23.7 Å². The summed E-state index contributed by atoms with van der Waals surface area (Å²) in [4.78, 5) is 0. The molecule has 5 aliphatic rings. The zero-order valence-electron chi connectivity index (χ0n) is 13.6. The van der Waals surface area contributed by atoms with Crippen LogP contribution in [0.25, 0.3) is 16.3 Å². The predicted molar refractivity (Wildman–Crippen MR) is 90.9 cm³/mol. The first-order chi connectivity index (χ1) is 11.3. The van der Waals surface area contributed by atoms with Gasteiger partial charge in [-0.05, 0) is 83.9 Å². The summed E-state index contributed by atoms with van der Waals surface area (Å²) in [7, 11) is 3.49. The van der Waals surface area contributed by atoms with Crippen molar-refractivity contribution in [2.75, 3.05) is 14.2 Å². The highest BCUT2D eigenvalue weighted by atomic mass is 16.5. The molecule has 23 heavy (non-hydrogen) atoms. The second-order valence-corrected chi connectivity index (χ2v) is 7.68. The molecule has 0 saturated heterocycles. The van der Waals surface area contributed by atoms with E-state index in [0.717, 1.165) is 35.2 Å². The molecule has 4 fully saturated rings. The number of benzene rings is 2. The SMILES string of the molecule is COc1ccc(OC)c2cc3c(cc12)C3=C1[C@@H]2C[C@H]3C[C@@H]2C[C@@H]13. The van der Waals surface area contributed by atoms with Crippen molar-refractivity contribution in [1.82, 2.24) is 0 Å². The molecule has 4 saturated carbocycles. The summed E-state index contributed by atoms with van der Waals surface area (Å²) >= 11 is 0. The third-order valence-electron chi connectivity index (χ3n) is 6.94. The number of fused-ring (bicyclic) bond motifs is 2. The highest BCUT2D eigenvalue weighted by Gasteiger charge is 2.58. The summed E-state index contributed by atoms with van der Waals surface area (Å²) in [6.45, 7) is 0. The van der Waals surface area contributed by atoms with Crippen molar-refractivity contribution in [2.45, 2.75) is 19.3 Å². The molecule has 0 radical (unpaired) electrons. The van der Waals surface area contributed by atoms with Gasteiger partial charge in [-0.3, -0.25) is 0 Å². The van der Waals surface area contributed by atoms with Crippen LogP contribution < -0.4 is 9.47 Å². The molecule has 0 aliphatic heterocycles. The van der Waals surface area contributed by atoms with Gasteiger partial charge in [-0.15, -0.1) is 0 Å². The van der Waals surface area contributed by atoms with Crippen molar-refractivity contribution in [3.63, 3.8) is 0 Å². The Morgan fingerprint density at radius 2 is 1.30 bits per heavy atom. The van der Waals surface area contributed by atoms with E-state index in [-0.39, 0.29) is 0 Å². The van der Waals surface area contributed by atoms with Gasteiger partial charge in [0, 0.05) is 10.8 Å². The Morgan fingerprint density at radius 3 is 1.74 bits per heavy atom. The third-order valence-corrected chi connectivity index (χ3v) is 6.94. The lowest BCUT2D eigenvalue weighted by Gasteiger charge is -2.11. The number of allylic oxidation sites excluding steroid dienone is 1. The van der Waals surface area contributed by atoms with E-state index in [2.05, 4.69) is 12.1 Å². The molecule has 2 aromatic rings. The van der Waals surface area contributed by atoms with E-state index in [9.17, 15) is 0 Å². The lowest BCUT2D eigenvalue weighted by Crippen LogP contribution is -2.01. The van der Waals surface area contributed by atoms with Crippen molar-refractivity contribution in [3.05, 3.63) is 41.0 Å². The number of rotatable bonds is 2. The van der Waals surface area contributed by atoms with Gasteiger partial charge >= 0.3 is 0 Å². The zero-order valence-corrected chi connectivity index (χ0v) is 13.6. The second-order valence-electron chi connectivity index (χ2n) is 7.68. The van der Waals surface area contributed by atoms with Crippen molar-refractivity contribution in [2.24, 2.45) is 23.7 Å². The van der Waals surface area contributed by atoms with Crippen molar-refractivity contribution in [1.29, 1.82) is 0 Å². The first-order valence-electron chi connectivity index (χ1n) is 8.73. The van der Waals surface area contributed by atoms with E-state index in [0.29, 0.717) is 0 Å². The Hall–Kier alpha value is -1.96. The van der Waals surface area contributed by atoms with E-state index >= 15 is 0 Å². The Labute approximate surface area is 136 Å². The van der Waals surface area contributed by atoms with Crippen LogP contribution >= 0.6 is 0 Å². The summed E-state index contributed by atoms with van der Waals surface area (Å²) in [6, 6.07) is 8.68. The first-order valence-corrected chi connectivity index (χ1v) is 8.73. The van der Waals surface area contributed by atoms with Crippen molar-refractivity contribution in [3.8, 4) is 11.5 Å². The number of hydrogen-bond acceptors (Lipinski definition) is 2. The molecule has 5 aliphatic carbocycles. The summed E-state index contributed by atoms with van der Waals surface area (Å²) < 4.78 is 11.1. The van der Waals surface area contributed by atoms with E-state index in [4.69, 9.17) is 9.47 Å². The smallest absolute Gasteiger partial charge is 0.126 e. The molecular weight excluding hydrogens is 284 g/mol. The van der Waals surface area contributed by atoms with E-state index < -0.39 is 0 Å². The zero-order chi connectivity index (χ0) is 15.3. The molecule has 0 spiro atoms. The Morgan fingerprint density at radius 1 is 0.783 bits per heavy atom. The lowest BCUT2D eigenvalue weighted by molar-refractivity contribution is 0.410. The van der Waals surface area contributed by atoms with E-state index in [1.54, 1.807) is 19.8 Å².